The Hall–Kier alpha value is -6.66. The molecule has 0 aliphatic carbocycles. The second-order valence-electron chi connectivity index (χ2n) is 14.0. The Morgan fingerprint density at radius 2 is 1.45 bits per heavy atom. The molecule has 0 spiro atoms. The first kappa shape index (κ1) is 41.0. The van der Waals surface area contributed by atoms with Crippen molar-refractivity contribution < 1.29 is 43.2 Å². The van der Waals surface area contributed by atoms with Crippen LogP contribution in [0.2, 0.25) is 0 Å². The lowest BCUT2D eigenvalue weighted by molar-refractivity contribution is -0.136. The fourth-order valence-corrected chi connectivity index (χ4v) is 6.87. The standard InChI is InChI=1S/C32H30N2O6.C14H17NO3/c1-22-29(33-30(40-22)24-11-6-3-7-12-24)16-18-38-26-14-8-13-25(19-26)27-15-17-34(20-28(27)31(35)36)32(37)39-21-23-9-4-2-5-10-23;1-15-7-6-12(13(9-15)14(17)18-2)10-4-3-5-11(16)8-10/h2-14,19H,15-18,20-21H2,1H3,(H,35,36);3-5,8,16H,6-7,9H2,1-2H3. The molecule has 300 valence electrons. The molecule has 0 radical (unpaired) electrons. The third-order valence-corrected chi connectivity index (χ3v) is 9.93. The van der Waals surface area contributed by atoms with Crippen molar-refractivity contribution in [2.75, 3.05) is 46.9 Å². The highest BCUT2D eigenvalue weighted by Gasteiger charge is 2.29. The third kappa shape index (κ3) is 10.6. The van der Waals surface area contributed by atoms with Crippen molar-refractivity contribution in [3.05, 3.63) is 148 Å². The smallest absolute Gasteiger partial charge is 0.410 e. The SMILES string of the molecule is COC(=O)C1=C(c2cccc(O)c2)CCN(C)C1.Cc1oc(-c2ccccc2)nc1CCOc1cccc(C2=C(C(=O)O)CN(C(=O)OCc3ccccc3)CC2)c1. The van der Waals surface area contributed by atoms with Crippen LogP contribution < -0.4 is 4.74 Å². The van der Waals surface area contributed by atoms with Gasteiger partial charge in [0.05, 0.1) is 37.1 Å². The fourth-order valence-electron chi connectivity index (χ4n) is 6.87. The Labute approximate surface area is 337 Å². The highest BCUT2D eigenvalue weighted by atomic mass is 16.6. The summed E-state index contributed by atoms with van der Waals surface area (Å²) in [6.45, 7) is 4.22. The predicted molar refractivity (Wildman–Crippen MR) is 219 cm³/mol. The number of hydrogen-bond donors (Lipinski definition) is 2. The van der Waals surface area contributed by atoms with E-state index < -0.39 is 12.1 Å². The van der Waals surface area contributed by atoms with E-state index in [1.807, 2.05) is 105 Å². The molecule has 12 heteroatoms. The first-order valence-corrected chi connectivity index (χ1v) is 19.0. The molecule has 0 atom stereocenters. The highest BCUT2D eigenvalue weighted by Crippen LogP contribution is 2.32. The molecule has 1 amide bonds. The molecule has 4 aromatic carbocycles. The number of benzene rings is 4. The van der Waals surface area contributed by atoms with E-state index in [1.54, 1.807) is 18.2 Å². The van der Waals surface area contributed by atoms with Gasteiger partial charge in [-0.2, -0.15) is 0 Å². The van der Waals surface area contributed by atoms with Crippen LogP contribution in [0.25, 0.3) is 22.6 Å². The first-order chi connectivity index (χ1) is 28.1. The third-order valence-electron chi connectivity index (χ3n) is 9.93. The maximum atomic E-state index is 12.6. The monoisotopic (exact) mass is 785 g/mol. The van der Waals surface area contributed by atoms with Gasteiger partial charge in [0.15, 0.2) is 0 Å². The zero-order valence-electron chi connectivity index (χ0n) is 32.9. The lowest BCUT2D eigenvalue weighted by atomic mass is 9.93. The van der Waals surface area contributed by atoms with Crippen molar-refractivity contribution in [1.82, 2.24) is 14.8 Å². The van der Waals surface area contributed by atoms with Gasteiger partial charge in [-0.05, 0) is 91.0 Å². The number of likely N-dealkylation sites (N-methyl/N-ethyl adjacent to an activating group) is 1. The number of aliphatic carboxylic acids is 1. The van der Waals surface area contributed by atoms with Crippen molar-refractivity contribution in [3.8, 4) is 23.0 Å². The summed E-state index contributed by atoms with van der Waals surface area (Å²) in [5, 5.41) is 19.5. The summed E-state index contributed by atoms with van der Waals surface area (Å²) < 4.78 is 22.1. The zero-order valence-corrected chi connectivity index (χ0v) is 32.9. The Morgan fingerprint density at radius 1 is 0.793 bits per heavy atom. The number of carboxylic acids is 1. The van der Waals surface area contributed by atoms with Crippen LogP contribution in [0.3, 0.4) is 0 Å². The van der Waals surface area contributed by atoms with E-state index in [4.69, 9.17) is 18.6 Å². The van der Waals surface area contributed by atoms with Crippen LogP contribution in [0, 0.1) is 6.92 Å². The lowest BCUT2D eigenvalue weighted by Gasteiger charge is -2.29. The van der Waals surface area contributed by atoms with Crippen molar-refractivity contribution in [2.45, 2.75) is 32.8 Å². The van der Waals surface area contributed by atoms with Gasteiger partial charge < -0.3 is 38.6 Å². The normalized spacial score (nSPS) is 14.4. The van der Waals surface area contributed by atoms with Gasteiger partial charge in [-0.1, -0.05) is 72.8 Å². The molecule has 12 nitrogen and oxygen atoms in total. The molecule has 0 fully saturated rings. The number of oxazole rings is 1. The number of aromatic nitrogens is 1. The number of phenols is 1. The number of methoxy groups -OCH3 is 1. The van der Waals surface area contributed by atoms with Gasteiger partial charge in [-0.15, -0.1) is 0 Å². The predicted octanol–water partition coefficient (Wildman–Crippen LogP) is 7.81. The average molecular weight is 786 g/mol. The van der Waals surface area contributed by atoms with Crippen LogP contribution in [0.15, 0.2) is 125 Å². The summed E-state index contributed by atoms with van der Waals surface area (Å²) in [6, 6.07) is 33.5. The number of rotatable bonds is 11. The van der Waals surface area contributed by atoms with Gasteiger partial charge in [0, 0.05) is 31.6 Å². The van der Waals surface area contributed by atoms with E-state index in [1.165, 1.54) is 12.0 Å². The van der Waals surface area contributed by atoms with E-state index in [9.17, 15) is 24.6 Å². The number of phenolic OH excluding ortho intramolecular Hbond substituents is 1. The van der Waals surface area contributed by atoms with Crippen molar-refractivity contribution in [3.63, 3.8) is 0 Å². The van der Waals surface area contributed by atoms with Crippen LogP contribution >= 0.6 is 0 Å². The molecule has 1 aromatic heterocycles. The largest absolute Gasteiger partial charge is 0.508 e. The van der Waals surface area contributed by atoms with Gasteiger partial charge >= 0.3 is 18.0 Å². The molecule has 2 N–H and O–H groups in total. The summed E-state index contributed by atoms with van der Waals surface area (Å²) in [4.78, 5) is 44.7. The van der Waals surface area contributed by atoms with Crippen LogP contribution in [-0.2, 0) is 32.1 Å². The molecule has 2 aliphatic heterocycles. The maximum Gasteiger partial charge on any atom is 0.410 e. The molecule has 0 saturated heterocycles. The van der Waals surface area contributed by atoms with Crippen molar-refractivity contribution in [2.24, 2.45) is 0 Å². The minimum Gasteiger partial charge on any atom is -0.508 e. The maximum absolute atomic E-state index is 12.6. The summed E-state index contributed by atoms with van der Waals surface area (Å²) in [5.74, 6) is 0.824. The second-order valence-corrected chi connectivity index (χ2v) is 14.0. The van der Waals surface area contributed by atoms with Gasteiger partial charge in [0.1, 0.15) is 23.9 Å². The first-order valence-electron chi connectivity index (χ1n) is 19.0. The Bertz CT molecular complexity index is 2280. The fraction of sp³-hybridized carbons (Fsp3) is 0.261. The molecule has 7 rings (SSSR count). The Balaban J connectivity index is 0.000000263. The topological polar surface area (TPSA) is 152 Å². The van der Waals surface area contributed by atoms with Gasteiger partial charge in [0.25, 0.3) is 0 Å². The number of esters is 1. The molecular weight excluding hydrogens is 739 g/mol. The van der Waals surface area contributed by atoms with Crippen molar-refractivity contribution in [1.29, 1.82) is 0 Å². The van der Waals surface area contributed by atoms with Gasteiger partial charge in [-0.25, -0.2) is 19.4 Å². The molecule has 0 unspecified atom stereocenters. The number of aromatic hydroxyl groups is 1. The van der Waals surface area contributed by atoms with E-state index >= 15 is 0 Å². The summed E-state index contributed by atoms with van der Waals surface area (Å²) >= 11 is 0. The number of carbonyl (C=O) groups is 3. The molecule has 2 aliphatic rings. The van der Waals surface area contributed by atoms with Crippen LogP contribution in [0.4, 0.5) is 4.79 Å². The summed E-state index contributed by atoms with van der Waals surface area (Å²) in [7, 11) is 3.37. The van der Waals surface area contributed by atoms with Gasteiger partial charge in [-0.3, -0.25) is 0 Å². The minimum atomic E-state index is -1.06. The number of amides is 1. The number of carboxylic acid groups (broad SMARTS) is 1. The molecular formula is C46H47N3O9. The van der Waals surface area contributed by atoms with Crippen LogP contribution in [0.1, 0.15) is 41.0 Å². The van der Waals surface area contributed by atoms with E-state index in [0.717, 1.165) is 52.2 Å². The lowest BCUT2D eigenvalue weighted by Crippen LogP contribution is -2.38. The van der Waals surface area contributed by atoms with Crippen LogP contribution in [-0.4, -0.2) is 90.0 Å². The Morgan fingerprint density at radius 3 is 2.16 bits per heavy atom. The van der Waals surface area contributed by atoms with E-state index in [0.29, 0.717) is 55.3 Å². The summed E-state index contributed by atoms with van der Waals surface area (Å²) in [6.07, 6.45) is 1.21. The quantitative estimate of drug-likeness (QED) is 0.126. The second kappa shape index (κ2) is 19.5. The van der Waals surface area contributed by atoms with E-state index in [2.05, 4.69) is 9.88 Å². The highest BCUT2D eigenvalue weighted by molar-refractivity contribution is 5.99. The molecule has 58 heavy (non-hydrogen) atoms. The number of ether oxygens (including phenoxy) is 3. The average Bonchev–Trinajstić information content (AvgIpc) is 3.63. The Kier molecular flexibility index (Phi) is 13.8. The number of nitrogens with zero attached hydrogens (tertiary/aromatic N) is 3. The van der Waals surface area contributed by atoms with E-state index in [-0.39, 0.29) is 30.4 Å². The molecule has 3 heterocycles. The number of aryl methyl sites for hydroxylation is 1. The molecule has 5 aromatic rings. The van der Waals surface area contributed by atoms with Crippen molar-refractivity contribution >= 4 is 29.2 Å². The number of hydrogen-bond acceptors (Lipinski definition) is 10. The van der Waals surface area contributed by atoms with Crippen LogP contribution in [0.5, 0.6) is 11.5 Å². The molecule has 0 saturated carbocycles. The summed E-state index contributed by atoms with van der Waals surface area (Å²) in [5.41, 5.74) is 6.78. The molecule has 0 bridgehead atoms. The van der Waals surface area contributed by atoms with Gasteiger partial charge in [0.2, 0.25) is 5.89 Å². The minimum absolute atomic E-state index is 0.0292. The number of carbonyl (C=O) groups excluding carboxylic acids is 2. The zero-order chi connectivity index (χ0) is 41.0.